The summed E-state index contributed by atoms with van der Waals surface area (Å²) in [6.07, 6.45) is 2.75. The first-order valence-corrected chi connectivity index (χ1v) is 8.53. The molecule has 3 aromatic heterocycles. The van der Waals surface area contributed by atoms with Gasteiger partial charge in [-0.25, -0.2) is 14.5 Å². The molecule has 4 aromatic rings. The van der Waals surface area contributed by atoms with E-state index in [1.54, 1.807) is 6.20 Å². The lowest BCUT2D eigenvalue weighted by Gasteiger charge is -2.04. The molecule has 3 heterocycles. The van der Waals surface area contributed by atoms with Crippen molar-refractivity contribution >= 4 is 17.0 Å². The minimum Gasteiger partial charge on any atom is -0.475 e. The van der Waals surface area contributed by atoms with Crippen LogP contribution in [0, 0.1) is 11.3 Å². The summed E-state index contributed by atoms with van der Waals surface area (Å²) in [4.78, 5) is 16.3. The Labute approximate surface area is 168 Å². The Morgan fingerprint density at radius 1 is 1.23 bits per heavy atom. The van der Waals surface area contributed by atoms with E-state index < -0.39 is 12.1 Å². The van der Waals surface area contributed by atoms with Gasteiger partial charge in [0.05, 0.1) is 24.4 Å². The Bertz CT molecular complexity index is 1220. The number of halogens is 3. The molecule has 0 spiro atoms. The van der Waals surface area contributed by atoms with Crippen LogP contribution in [0.3, 0.4) is 0 Å². The van der Waals surface area contributed by atoms with Crippen molar-refractivity contribution in [2.24, 2.45) is 0 Å². The molecule has 1 aromatic carbocycles. The summed E-state index contributed by atoms with van der Waals surface area (Å²) in [6.45, 7) is 0. The number of hydrogen-bond acceptors (Lipinski definition) is 4. The van der Waals surface area contributed by atoms with Crippen molar-refractivity contribution < 1.29 is 23.1 Å². The molecule has 0 radical (unpaired) electrons. The second kappa shape index (κ2) is 8.48. The predicted molar refractivity (Wildman–Crippen MR) is 102 cm³/mol. The average molecular weight is 413 g/mol. The monoisotopic (exact) mass is 413 g/mol. The van der Waals surface area contributed by atoms with Crippen molar-refractivity contribution in [2.75, 3.05) is 0 Å². The zero-order valence-corrected chi connectivity index (χ0v) is 15.3. The lowest BCUT2D eigenvalue weighted by molar-refractivity contribution is -0.192. The molecule has 0 aliphatic carbocycles. The summed E-state index contributed by atoms with van der Waals surface area (Å²) in [6, 6.07) is 14.1. The van der Waals surface area contributed by atoms with E-state index in [9.17, 15) is 13.2 Å². The van der Waals surface area contributed by atoms with Crippen LogP contribution in [0.2, 0.25) is 0 Å². The number of pyridine rings is 1. The number of nitriles is 1. The quantitative estimate of drug-likeness (QED) is 0.525. The molecule has 0 bridgehead atoms. The van der Waals surface area contributed by atoms with Gasteiger partial charge in [-0.2, -0.15) is 23.5 Å². The smallest absolute Gasteiger partial charge is 0.475 e. The van der Waals surface area contributed by atoms with Crippen LogP contribution in [0.25, 0.3) is 27.8 Å². The number of nitrogens with zero attached hydrogens (tertiary/aromatic N) is 4. The van der Waals surface area contributed by atoms with E-state index in [4.69, 9.17) is 15.2 Å². The molecule has 0 saturated carbocycles. The SMILES string of the molecule is N#CCc1ccccc1-c1cnn(-c2ccnc3[nH]ccc23)c1.O=C(O)C(F)(F)F. The number of aromatic nitrogens is 4. The van der Waals surface area contributed by atoms with Gasteiger partial charge in [-0.3, -0.25) is 0 Å². The number of nitrogens with one attached hydrogen (secondary N) is 1. The van der Waals surface area contributed by atoms with Crippen LogP contribution in [-0.2, 0) is 11.2 Å². The number of benzene rings is 1. The van der Waals surface area contributed by atoms with Gasteiger partial charge in [-0.1, -0.05) is 24.3 Å². The fourth-order valence-electron chi connectivity index (χ4n) is 2.78. The van der Waals surface area contributed by atoms with E-state index in [0.717, 1.165) is 33.4 Å². The zero-order chi connectivity index (χ0) is 21.7. The van der Waals surface area contributed by atoms with E-state index in [-0.39, 0.29) is 0 Å². The Morgan fingerprint density at radius 3 is 2.67 bits per heavy atom. The Morgan fingerprint density at radius 2 is 1.97 bits per heavy atom. The number of rotatable bonds is 3. The Balaban J connectivity index is 0.000000318. The number of aromatic amines is 1. The summed E-state index contributed by atoms with van der Waals surface area (Å²) in [5, 5.41) is 21.6. The lowest BCUT2D eigenvalue weighted by Crippen LogP contribution is -2.21. The first-order valence-electron chi connectivity index (χ1n) is 8.53. The Kier molecular flexibility index (Phi) is 5.83. The maximum atomic E-state index is 10.6. The summed E-state index contributed by atoms with van der Waals surface area (Å²) < 4.78 is 33.6. The third-order valence-electron chi connectivity index (χ3n) is 4.11. The number of H-pyrrole nitrogens is 1. The van der Waals surface area contributed by atoms with Crippen LogP contribution in [0.1, 0.15) is 5.56 Å². The van der Waals surface area contributed by atoms with Gasteiger partial charge in [-0.05, 0) is 23.3 Å². The molecule has 4 rings (SSSR count). The fourth-order valence-corrected chi connectivity index (χ4v) is 2.78. The fraction of sp³-hybridized carbons (Fsp3) is 0.100. The first kappa shape index (κ1) is 20.6. The molecule has 0 saturated heterocycles. The molecule has 0 atom stereocenters. The highest BCUT2D eigenvalue weighted by atomic mass is 19.4. The van der Waals surface area contributed by atoms with E-state index in [0.29, 0.717) is 6.42 Å². The third kappa shape index (κ3) is 4.47. The van der Waals surface area contributed by atoms with Gasteiger partial charge in [-0.15, -0.1) is 0 Å². The van der Waals surface area contributed by atoms with Crippen molar-refractivity contribution in [2.45, 2.75) is 12.6 Å². The van der Waals surface area contributed by atoms with Crippen LogP contribution >= 0.6 is 0 Å². The third-order valence-corrected chi connectivity index (χ3v) is 4.11. The molecule has 0 unspecified atom stereocenters. The van der Waals surface area contributed by atoms with E-state index in [2.05, 4.69) is 21.1 Å². The van der Waals surface area contributed by atoms with Gasteiger partial charge in [0.2, 0.25) is 0 Å². The highest BCUT2D eigenvalue weighted by molar-refractivity contribution is 5.84. The molecule has 0 aliphatic heterocycles. The molecular formula is C20H14F3N5O2. The molecular weight excluding hydrogens is 399 g/mol. The first-order chi connectivity index (χ1) is 14.3. The minimum absolute atomic E-state index is 0.388. The normalized spacial score (nSPS) is 10.9. The van der Waals surface area contributed by atoms with Gasteiger partial charge in [0.1, 0.15) is 5.65 Å². The molecule has 2 N–H and O–H groups in total. The summed E-state index contributed by atoms with van der Waals surface area (Å²) in [5.41, 5.74) is 4.86. The zero-order valence-electron chi connectivity index (χ0n) is 15.3. The number of fused-ring (bicyclic) bond motifs is 1. The molecule has 0 amide bonds. The van der Waals surface area contributed by atoms with E-state index >= 15 is 0 Å². The van der Waals surface area contributed by atoms with Crippen LogP contribution in [0.15, 0.2) is 61.2 Å². The van der Waals surface area contributed by atoms with Crippen molar-refractivity contribution in [3.05, 3.63) is 66.7 Å². The van der Waals surface area contributed by atoms with Crippen LogP contribution < -0.4 is 0 Å². The highest BCUT2D eigenvalue weighted by Crippen LogP contribution is 2.26. The number of carbonyl (C=O) groups is 1. The number of carboxylic acids is 1. The van der Waals surface area contributed by atoms with Crippen LogP contribution in [0.5, 0.6) is 0 Å². The number of hydrogen-bond donors (Lipinski definition) is 2. The molecule has 7 nitrogen and oxygen atoms in total. The van der Waals surface area contributed by atoms with Gasteiger partial charge in [0, 0.05) is 29.5 Å². The van der Waals surface area contributed by atoms with E-state index in [1.165, 1.54) is 0 Å². The topological polar surface area (TPSA) is 108 Å². The average Bonchev–Trinajstić information content (AvgIpc) is 3.38. The van der Waals surface area contributed by atoms with Gasteiger partial charge >= 0.3 is 12.1 Å². The summed E-state index contributed by atoms with van der Waals surface area (Å²) in [7, 11) is 0. The lowest BCUT2D eigenvalue weighted by atomic mass is 10.0. The number of carboxylic acid groups (broad SMARTS) is 1. The molecule has 0 aliphatic rings. The van der Waals surface area contributed by atoms with Crippen molar-refractivity contribution in [1.29, 1.82) is 5.26 Å². The largest absolute Gasteiger partial charge is 0.490 e. The van der Waals surface area contributed by atoms with Crippen molar-refractivity contribution in [1.82, 2.24) is 19.7 Å². The molecule has 0 fully saturated rings. The number of alkyl halides is 3. The van der Waals surface area contributed by atoms with Crippen molar-refractivity contribution in [3.8, 4) is 22.9 Å². The van der Waals surface area contributed by atoms with Crippen molar-refractivity contribution in [3.63, 3.8) is 0 Å². The molecule has 152 valence electrons. The maximum Gasteiger partial charge on any atom is 0.490 e. The second-order valence-electron chi connectivity index (χ2n) is 6.04. The van der Waals surface area contributed by atoms with Gasteiger partial charge in [0.25, 0.3) is 0 Å². The maximum absolute atomic E-state index is 10.6. The standard InChI is InChI=1S/C18H13N5.C2HF3O2/c19-8-5-13-3-1-2-4-15(13)14-11-22-23(12-14)17-7-10-21-18-16(17)6-9-20-18;3-2(4,5)1(6)7/h1-4,6-7,9-12H,5H2,(H,20,21);(H,6,7). The summed E-state index contributed by atoms with van der Waals surface area (Å²) in [5.74, 6) is -2.76. The van der Waals surface area contributed by atoms with E-state index in [1.807, 2.05) is 59.7 Å². The number of aliphatic carboxylic acids is 1. The Hall–Kier alpha value is -4.13. The minimum atomic E-state index is -5.08. The molecule has 10 heteroatoms. The predicted octanol–water partition coefficient (Wildman–Crippen LogP) is 4.11. The highest BCUT2D eigenvalue weighted by Gasteiger charge is 2.38. The van der Waals surface area contributed by atoms with Crippen LogP contribution in [-0.4, -0.2) is 37.0 Å². The van der Waals surface area contributed by atoms with Crippen LogP contribution in [0.4, 0.5) is 13.2 Å². The summed E-state index contributed by atoms with van der Waals surface area (Å²) >= 11 is 0. The van der Waals surface area contributed by atoms with Gasteiger partial charge < -0.3 is 10.1 Å². The molecule has 30 heavy (non-hydrogen) atoms. The van der Waals surface area contributed by atoms with Gasteiger partial charge in [0.15, 0.2) is 0 Å². The second-order valence-corrected chi connectivity index (χ2v) is 6.04.